The molecule has 1 aliphatic rings. The number of aliphatic hydroxyl groups is 1. The summed E-state index contributed by atoms with van der Waals surface area (Å²) in [5, 5.41) is 34.6. The summed E-state index contributed by atoms with van der Waals surface area (Å²) in [7, 11) is 1.37. The quantitative estimate of drug-likeness (QED) is 0.141. The fourth-order valence-electron chi connectivity index (χ4n) is 5.06. The summed E-state index contributed by atoms with van der Waals surface area (Å²) in [5.41, 5.74) is 4.54. The third-order valence-corrected chi connectivity index (χ3v) is 7.33. The van der Waals surface area contributed by atoms with Gasteiger partial charge in [0.25, 0.3) is 5.91 Å². The SMILES string of the molecule is CO[C@@H]1[C@@H](OC(N)=O)[C@@H](O)[13C@H](Oc2ccc3c(O)c(NC(=O)c4ccc(O)c([13CH2]/C=C(/C)[13CH3])c4)c(=O)oc3c2C)OC1(C)C. The molecular formula is C31H36N2O11. The number of methoxy groups -OCH3 is 1. The number of carbonyl (C=O) groups is 2. The van der Waals surface area contributed by atoms with Gasteiger partial charge in [0, 0.05) is 18.2 Å². The molecule has 2 heterocycles. The molecule has 2 aromatic carbocycles. The number of aromatic hydroxyl groups is 2. The van der Waals surface area contributed by atoms with Crippen LogP contribution in [0.4, 0.5) is 10.5 Å². The molecule has 0 bridgehead atoms. The molecule has 13 heteroatoms. The molecule has 0 spiro atoms. The van der Waals surface area contributed by atoms with Gasteiger partial charge < -0.3 is 49.7 Å². The molecule has 4 rings (SSSR count). The Kier molecular flexibility index (Phi) is 9.23. The highest BCUT2D eigenvalue weighted by Crippen LogP contribution is 2.38. The summed E-state index contributed by atoms with van der Waals surface area (Å²) in [6, 6.07) is 7.12. The number of phenolic OH excluding ortho intramolecular Hbond substituents is 1. The minimum absolute atomic E-state index is 0.0183. The molecular weight excluding hydrogens is 579 g/mol. The maximum atomic E-state index is 13.0. The van der Waals surface area contributed by atoms with E-state index in [1.165, 1.54) is 37.4 Å². The molecule has 0 saturated carbocycles. The highest BCUT2D eigenvalue weighted by atomic mass is 16.8. The summed E-state index contributed by atoms with van der Waals surface area (Å²) in [6.45, 7) is 8.69. The highest BCUT2D eigenvalue weighted by molar-refractivity contribution is 6.06. The molecule has 0 aliphatic carbocycles. The lowest BCUT2D eigenvalue weighted by atomic mass is 9.92. The zero-order valence-electron chi connectivity index (χ0n) is 25.2. The smallest absolute Gasteiger partial charge is 0.404 e. The van der Waals surface area contributed by atoms with Crippen LogP contribution in [-0.4, -0.2) is 64.6 Å². The van der Waals surface area contributed by atoms with Gasteiger partial charge in [-0.2, -0.15) is 0 Å². The Morgan fingerprint density at radius 3 is 2.50 bits per heavy atom. The van der Waals surface area contributed by atoms with E-state index in [2.05, 4.69) is 5.32 Å². The van der Waals surface area contributed by atoms with Crippen molar-refractivity contribution in [2.75, 3.05) is 12.4 Å². The second-order valence-corrected chi connectivity index (χ2v) is 11.2. The molecule has 1 aromatic heterocycles. The third kappa shape index (κ3) is 6.49. The molecule has 0 radical (unpaired) electrons. The Morgan fingerprint density at radius 1 is 1.16 bits per heavy atom. The number of benzene rings is 2. The van der Waals surface area contributed by atoms with E-state index >= 15 is 0 Å². The zero-order chi connectivity index (χ0) is 32.5. The average Bonchev–Trinajstić information content (AvgIpc) is 2.94. The van der Waals surface area contributed by atoms with Gasteiger partial charge in [0.2, 0.25) is 6.29 Å². The van der Waals surface area contributed by atoms with Gasteiger partial charge >= 0.3 is 11.7 Å². The predicted molar refractivity (Wildman–Crippen MR) is 159 cm³/mol. The number of aliphatic hydroxyl groups excluding tert-OH is 1. The topological polar surface area (TPSA) is 200 Å². The van der Waals surface area contributed by atoms with Crippen LogP contribution in [0.25, 0.3) is 11.0 Å². The van der Waals surface area contributed by atoms with Crippen molar-refractivity contribution in [1.29, 1.82) is 0 Å². The first-order valence-electron chi connectivity index (χ1n) is 13.7. The van der Waals surface area contributed by atoms with E-state index in [1.807, 2.05) is 19.9 Å². The van der Waals surface area contributed by atoms with E-state index in [0.29, 0.717) is 12.0 Å². The minimum Gasteiger partial charge on any atom is -0.508 e. The first-order valence-corrected chi connectivity index (χ1v) is 13.7. The van der Waals surface area contributed by atoms with Gasteiger partial charge in [0.1, 0.15) is 23.2 Å². The van der Waals surface area contributed by atoms with Gasteiger partial charge in [-0.25, -0.2) is 9.59 Å². The monoisotopic (exact) mass is 615 g/mol. The molecule has 4 atom stereocenters. The van der Waals surface area contributed by atoms with Crippen LogP contribution in [0.15, 0.2) is 51.2 Å². The molecule has 2 amide bonds. The van der Waals surface area contributed by atoms with Crippen molar-refractivity contribution in [3.05, 3.63) is 69.1 Å². The predicted octanol–water partition coefficient (Wildman–Crippen LogP) is 3.63. The Bertz CT molecular complexity index is 1670. The second-order valence-electron chi connectivity index (χ2n) is 11.2. The van der Waals surface area contributed by atoms with Crippen LogP contribution in [0, 0.1) is 6.92 Å². The van der Waals surface area contributed by atoms with E-state index in [0.717, 1.165) is 5.57 Å². The maximum Gasteiger partial charge on any atom is 0.404 e. The van der Waals surface area contributed by atoms with Crippen LogP contribution < -0.4 is 21.4 Å². The molecule has 6 N–H and O–H groups in total. The number of primary amides is 1. The zero-order valence-corrected chi connectivity index (χ0v) is 25.2. The first kappa shape index (κ1) is 32.3. The lowest BCUT2D eigenvalue weighted by Crippen LogP contribution is -2.65. The van der Waals surface area contributed by atoms with Crippen LogP contribution in [0.5, 0.6) is 17.2 Å². The van der Waals surface area contributed by atoms with Crippen molar-refractivity contribution in [1.82, 2.24) is 0 Å². The van der Waals surface area contributed by atoms with Gasteiger partial charge in [-0.15, -0.1) is 0 Å². The van der Waals surface area contributed by atoms with Gasteiger partial charge in [-0.05, 0) is 76.9 Å². The number of fused-ring (bicyclic) bond motifs is 1. The van der Waals surface area contributed by atoms with Crippen molar-refractivity contribution in [3.63, 3.8) is 0 Å². The van der Waals surface area contributed by atoms with Crippen molar-refractivity contribution in [2.24, 2.45) is 5.73 Å². The van der Waals surface area contributed by atoms with Crippen LogP contribution in [0.1, 0.15) is 49.2 Å². The molecule has 1 fully saturated rings. The number of ether oxygens (including phenoxy) is 4. The van der Waals surface area contributed by atoms with Crippen LogP contribution >= 0.6 is 0 Å². The van der Waals surface area contributed by atoms with Gasteiger partial charge in [-0.3, -0.25) is 4.79 Å². The minimum atomic E-state index is -1.52. The fourth-order valence-corrected chi connectivity index (χ4v) is 5.06. The Hall–Kier alpha value is -4.59. The van der Waals surface area contributed by atoms with E-state index < -0.39 is 59.3 Å². The van der Waals surface area contributed by atoms with Gasteiger partial charge in [0.15, 0.2) is 23.6 Å². The van der Waals surface area contributed by atoms with E-state index in [4.69, 9.17) is 29.1 Å². The first-order chi connectivity index (χ1) is 20.6. The van der Waals surface area contributed by atoms with Gasteiger partial charge in [0.05, 0.1) is 11.0 Å². The Balaban J connectivity index is 1.63. The number of carbonyl (C=O) groups excluding carboxylic acids is 2. The second kappa shape index (κ2) is 12.6. The van der Waals surface area contributed by atoms with Crippen LogP contribution in [0.2, 0.25) is 0 Å². The van der Waals surface area contributed by atoms with E-state index in [1.54, 1.807) is 20.8 Å². The highest BCUT2D eigenvalue weighted by Gasteiger charge is 2.53. The van der Waals surface area contributed by atoms with Crippen molar-refractivity contribution in [3.8, 4) is 17.2 Å². The maximum absolute atomic E-state index is 13.0. The normalized spacial score (nSPS) is 21.6. The molecule has 3 aromatic rings. The molecule has 44 heavy (non-hydrogen) atoms. The lowest BCUT2D eigenvalue weighted by molar-refractivity contribution is -0.304. The summed E-state index contributed by atoms with van der Waals surface area (Å²) in [4.78, 5) is 37.5. The summed E-state index contributed by atoms with van der Waals surface area (Å²) in [5.74, 6) is -1.09. The standard InChI is InChI=1S/C31H36N2O11/c1-14(2)7-8-16-13-17(9-11-19(16)34)27(37)33-21-22(35)18-10-12-20(15(3)24(18)42-28(21)38)41-29-23(36)25(43-30(32)39)26(40-6)31(4,5)44-29/h7,9-13,23,25-26,29,34-36H,8H2,1-6H3,(H2,32,39)(H,33,37)/t23-,25+,26-,29-/m1/s1/i1+1,8+1,29+1/b14-7+. The van der Waals surface area contributed by atoms with Crippen LogP contribution in [0.3, 0.4) is 0 Å². The number of phenols is 1. The number of nitrogens with two attached hydrogens (primary N) is 1. The number of hydrogen-bond donors (Lipinski definition) is 5. The number of rotatable bonds is 8. The lowest BCUT2D eigenvalue weighted by Gasteiger charge is -2.47. The number of nitrogens with one attached hydrogen (secondary N) is 1. The summed E-state index contributed by atoms with van der Waals surface area (Å²) < 4.78 is 27.9. The van der Waals surface area contributed by atoms with Crippen LogP contribution in [-0.2, 0) is 20.6 Å². The van der Waals surface area contributed by atoms with E-state index in [-0.39, 0.29) is 33.6 Å². The molecule has 13 nitrogen and oxygen atoms in total. The number of hydrogen-bond acceptors (Lipinski definition) is 11. The molecule has 0 unspecified atom stereocenters. The van der Waals surface area contributed by atoms with Crippen molar-refractivity contribution >= 4 is 28.7 Å². The molecule has 1 aliphatic heterocycles. The molecule has 1 saturated heterocycles. The molecule has 236 valence electrons. The Labute approximate surface area is 252 Å². The van der Waals surface area contributed by atoms with Crippen molar-refractivity contribution in [2.45, 2.75) is 71.2 Å². The summed E-state index contributed by atoms with van der Waals surface area (Å²) >= 11 is 0. The van der Waals surface area contributed by atoms with E-state index in [9.17, 15) is 29.7 Å². The third-order valence-electron chi connectivity index (χ3n) is 7.33. The number of allylic oxidation sites excluding steroid dienone is 2. The number of amides is 2. The summed E-state index contributed by atoms with van der Waals surface area (Å²) in [6.07, 6.45) is -3.81. The van der Waals surface area contributed by atoms with Crippen molar-refractivity contribution < 1.29 is 48.3 Å². The van der Waals surface area contributed by atoms with Gasteiger partial charge in [-0.1, -0.05) is 11.6 Å². The fraction of sp³-hybridized carbons (Fsp3) is 0.387. The largest absolute Gasteiger partial charge is 0.508 e. The average molecular weight is 616 g/mol. The Morgan fingerprint density at radius 2 is 1.86 bits per heavy atom. The number of anilines is 1. The number of aryl methyl sites for hydroxylation is 1.